The molecule has 1 saturated heterocycles. The molecule has 1 aliphatic rings. The van der Waals surface area contributed by atoms with Gasteiger partial charge in [-0.25, -0.2) is 0 Å². The molecular weight excluding hydrogens is 270 g/mol. The Labute approximate surface area is 124 Å². The highest BCUT2D eigenvalue weighted by atomic mass is 16.6. The van der Waals surface area contributed by atoms with Gasteiger partial charge in [-0.3, -0.25) is 15.0 Å². The highest BCUT2D eigenvalue weighted by Crippen LogP contribution is 2.24. The van der Waals surface area contributed by atoms with Crippen LogP contribution in [-0.2, 0) is 0 Å². The number of hydrogen-bond donors (Lipinski definition) is 0. The lowest BCUT2D eigenvalue weighted by atomic mass is 10.0. The molecule has 0 aromatic heterocycles. The predicted octanol–water partition coefficient (Wildman–Crippen LogP) is 2.72. The molecule has 1 aromatic carbocycles. The van der Waals surface area contributed by atoms with Gasteiger partial charge in [-0.05, 0) is 32.4 Å². The molecule has 6 nitrogen and oxygen atoms in total. The number of hydrogen-bond acceptors (Lipinski definition) is 5. The summed E-state index contributed by atoms with van der Waals surface area (Å²) < 4.78 is 5.60. The fraction of sp³-hybridized carbons (Fsp3) is 0.533. The third-order valence-electron chi connectivity index (χ3n) is 3.87. The molecule has 1 fully saturated rings. The Bertz CT molecular complexity index is 554. The fourth-order valence-electron chi connectivity index (χ4n) is 2.60. The molecule has 0 N–H and O–H groups in total. The number of ether oxygens (including phenoxy) is 1. The number of likely N-dealkylation sites (tertiary alicyclic amines) is 1. The van der Waals surface area contributed by atoms with E-state index in [4.69, 9.17) is 10.00 Å². The maximum atomic E-state index is 10.8. The number of nitro groups is 1. The van der Waals surface area contributed by atoms with Crippen LogP contribution in [0.25, 0.3) is 0 Å². The zero-order valence-electron chi connectivity index (χ0n) is 12.1. The Balaban J connectivity index is 1.97. The zero-order chi connectivity index (χ0) is 15.2. The largest absolute Gasteiger partial charge is 0.491 e. The quantitative estimate of drug-likeness (QED) is 0.615. The van der Waals surface area contributed by atoms with Crippen LogP contribution in [0.3, 0.4) is 0 Å². The van der Waals surface area contributed by atoms with Crippen LogP contribution in [0, 0.1) is 21.4 Å². The molecule has 0 amide bonds. The van der Waals surface area contributed by atoms with Crippen molar-refractivity contribution in [3.63, 3.8) is 0 Å². The molecule has 2 rings (SSSR count). The summed E-state index contributed by atoms with van der Waals surface area (Å²) in [5, 5.41) is 19.8. The number of nitro benzene ring substituents is 1. The average Bonchev–Trinajstić information content (AvgIpc) is 2.49. The molecule has 1 atom stereocenters. The summed E-state index contributed by atoms with van der Waals surface area (Å²) in [7, 11) is 0. The van der Waals surface area contributed by atoms with E-state index >= 15 is 0 Å². The van der Waals surface area contributed by atoms with Crippen molar-refractivity contribution in [2.75, 3.05) is 19.7 Å². The lowest BCUT2D eigenvalue weighted by molar-refractivity contribution is -0.384. The van der Waals surface area contributed by atoms with Crippen LogP contribution in [0.5, 0.6) is 5.75 Å². The molecule has 0 aliphatic carbocycles. The van der Waals surface area contributed by atoms with Gasteiger partial charge in [0.2, 0.25) is 0 Å². The minimum Gasteiger partial charge on any atom is -0.491 e. The average molecular weight is 289 g/mol. The molecule has 112 valence electrons. The summed E-state index contributed by atoms with van der Waals surface area (Å²) in [5.74, 6) is 0.288. The summed E-state index contributed by atoms with van der Waals surface area (Å²) >= 11 is 0. The van der Waals surface area contributed by atoms with Crippen molar-refractivity contribution >= 4 is 5.69 Å². The summed E-state index contributed by atoms with van der Waals surface area (Å²) in [5.41, 5.74) is 0.266. The van der Waals surface area contributed by atoms with Gasteiger partial charge in [0.25, 0.3) is 5.69 Å². The van der Waals surface area contributed by atoms with Crippen molar-refractivity contribution in [1.82, 2.24) is 4.90 Å². The number of nitriles is 1. The van der Waals surface area contributed by atoms with Gasteiger partial charge in [0.15, 0.2) is 0 Å². The smallest absolute Gasteiger partial charge is 0.273 e. The Morgan fingerprint density at radius 3 is 3.00 bits per heavy atom. The molecular formula is C15H19N3O3. The van der Waals surface area contributed by atoms with E-state index in [2.05, 4.69) is 11.8 Å². The van der Waals surface area contributed by atoms with E-state index in [9.17, 15) is 10.1 Å². The van der Waals surface area contributed by atoms with Gasteiger partial charge in [0.05, 0.1) is 16.6 Å². The Hall–Kier alpha value is -2.13. The fourth-order valence-corrected chi connectivity index (χ4v) is 2.60. The van der Waals surface area contributed by atoms with Crippen molar-refractivity contribution in [1.29, 1.82) is 5.26 Å². The minimum absolute atomic E-state index is 0.0599. The first-order valence-corrected chi connectivity index (χ1v) is 7.17. The first-order chi connectivity index (χ1) is 10.1. The van der Waals surface area contributed by atoms with Crippen molar-refractivity contribution < 1.29 is 9.66 Å². The molecule has 0 bridgehead atoms. The normalized spacial score (nSPS) is 19.0. The van der Waals surface area contributed by atoms with Gasteiger partial charge in [-0.1, -0.05) is 6.42 Å². The van der Waals surface area contributed by atoms with Crippen molar-refractivity contribution in [2.24, 2.45) is 0 Å². The first-order valence-electron chi connectivity index (χ1n) is 7.17. The van der Waals surface area contributed by atoms with E-state index in [-0.39, 0.29) is 11.4 Å². The Kier molecular flexibility index (Phi) is 5.12. The summed E-state index contributed by atoms with van der Waals surface area (Å²) in [6.07, 6.45) is 3.66. The van der Waals surface area contributed by atoms with E-state index in [1.165, 1.54) is 37.5 Å². The number of benzene rings is 1. The van der Waals surface area contributed by atoms with Crippen molar-refractivity contribution in [2.45, 2.75) is 32.2 Å². The minimum atomic E-state index is -0.485. The van der Waals surface area contributed by atoms with E-state index in [0.717, 1.165) is 13.1 Å². The van der Waals surface area contributed by atoms with Crippen LogP contribution >= 0.6 is 0 Å². The standard InChI is InChI=1S/C15H19N3O3/c1-12-4-2-3-7-17(12)8-9-21-15-10-14(18(19)20)6-5-13(15)11-16/h5-6,10,12H,2-4,7-9H2,1H3/t12-/m0/s1. The molecule has 0 spiro atoms. The van der Waals surface area contributed by atoms with E-state index in [0.29, 0.717) is 18.2 Å². The number of non-ortho nitro benzene ring substituents is 1. The molecule has 6 heteroatoms. The van der Waals surface area contributed by atoms with Crippen LogP contribution in [0.4, 0.5) is 5.69 Å². The second-order valence-corrected chi connectivity index (χ2v) is 5.28. The number of rotatable bonds is 5. The van der Waals surface area contributed by atoms with Gasteiger partial charge in [0, 0.05) is 18.7 Å². The first kappa shape index (κ1) is 15.3. The van der Waals surface area contributed by atoms with E-state index in [1.807, 2.05) is 6.07 Å². The molecule has 1 aliphatic heterocycles. The highest BCUT2D eigenvalue weighted by molar-refractivity contribution is 5.49. The molecule has 0 unspecified atom stereocenters. The molecule has 1 heterocycles. The SMILES string of the molecule is C[C@H]1CCCCN1CCOc1cc([N+](=O)[O-])ccc1C#N. The molecule has 0 radical (unpaired) electrons. The molecule has 0 saturated carbocycles. The van der Waals surface area contributed by atoms with Crippen molar-refractivity contribution in [3.05, 3.63) is 33.9 Å². The third kappa shape index (κ3) is 3.92. The molecule has 1 aromatic rings. The lowest BCUT2D eigenvalue weighted by Crippen LogP contribution is -2.39. The van der Waals surface area contributed by atoms with Crippen molar-refractivity contribution in [3.8, 4) is 11.8 Å². The Morgan fingerprint density at radius 1 is 1.52 bits per heavy atom. The van der Waals surface area contributed by atoms with Crippen LogP contribution in [0.2, 0.25) is 0 Å². The van der Waals surface area contributed by atoms with Gasteiger partial charge in [-0.15, -0.1) is 0 Å². The topological polar surface area (TPSA) is 79.4 Å². The lowest BCUT2D eigenvalue weighted by Gasteiger charge is -2.33. The predicted molar refractivity (Wildman–Crippen MR) is 78.2 cm³/mol. The number of nitrogens with zero attached hydrogens (tertiary/aromatic N) is 3. The highest BCUT2D eigenvalue weighted by Gasteiger charge is 2.18. The van der Waals surface area contributed by atoms with Gasteiger partial charge < -0.3 is 4.74 Å². The van der Waals surface area contributed by atoms with E-state index in [1.54, 1.807) is 0 Å². The monoisotopic (exact) mass is 289 g/mol. The second kappa shape index (κ2) is 7.04. The number of piperidine rings is 1. The molecule has 21 heavy (non-hydrogen) atoms. The summed E-state index contributed by atoms with van der Waals surface area (Å²) in [4.78, 5) is 12.6. The van der Waals surface area contributed by atoms with Gasteiger partial charge in [-0.2, -0.15) is 5.26 Å². The summed E-state index contributed by atoms with van der Waals surface area (Å²) in [6, 6.07) is 6.60. The maximum Gasteiger partial charge on any atom is 0.273 e. The van der Waals surface area contributed by atoms with Crippen LogP contribution in [0.1, 0.15) is 31.7 Å². The van der Waals surface area contributed by atoms with Crippen LogP contribution in [-0.4, -0.2) is 35.6 Å². The zero-order valence-corrected chi connectivity index (χ0v) is 12.1. The maximum absolute atomic E-state index is 10.8. The van der Waals surface area contributed by atoms with Gasteiger partial charge >= 0.3 is 0 Å². The van der Waals surface area contributed by atoms with Crippen LogP contribution in [0.15, 0.2) is 18.2 Å². The van der Waals surface area contributed by atoms with Gasteiger partial charge in [0.1, 0.15) is 18.4 Å². The summed E-state index contributed by atoms with van der Waals surface area (Å²) in [6.45, 7) is 4.46. The Morgan fingerprint density at radius 2 is 2.33 bits per heavy atom. The van der Waals surface area contributed by atoms with E-state index < -0.39 is 4.92 Å². The van der Waals surface area contributed by atoms with Crippen LogP contribution < -0.4 is 4.74 Å². The second-order valence-electron chi connectivity index (χ2n) is 5.28. The third-order valence-corrected chi connectivity index (χ3v) is 3.87.